The van der Waals surface area contributed by atoms with Gasteiger partial charge in [0.15, 0.2) is 0 Å². The summed E-state index contributed by atoms with van der Waals surface area (Å²) in [6.07, 6.45) is 5.12. The van der Waals surface area contributed by atoms with Crippen molar-refractivity contribution in [1.82, 2.24) is 9.88 Å². The molecule has 2 N–H and O–H groups in total. The van der Waals surface area contributed by atoms with Gasteiger partial charge in [-0.15, -0.1) is 0 Å². The Hall–Kier alpha value is -1.43. The minimum Gasteiger partial charge on any atom is -0.405 e. The highest BCUT2D eigenvalue weighted by atomic mass is 16.5. The first-order valence-corrected chi connectivity index (χ1v) is 7.41. The highest BCUT2D eigenvalue weighted by Crippen LogP contribution is 2.24. The minimum atomic E-state index is -0.343. The molecule has 0 unspecified atom stereocenters. The summed E-state index contributed by atoms with van der Waals surface area (Å²) < 4.78 is 11.4. The second kappa shape index (κ2) is 7.54. The molecule has 0 atom stereocenters. The number of pyridine rings is 1. The molecule has 0 amide bonds. The summed E-state index contributed by atoms with van der Waals surface area (Å²) in [7, 11) is 0. The van der Waals surface area contributed by atoms with Crippen LogP contribution in [-0.2, 0) is 15.1 Å². The van der Waals surface area contributed by atoms with Crippen LogP contribution in [0.25, 0.3) is 6.08 Å². The average molecular weight is 291 g/mol. The molecule has 0 spiro atoms. The summed E-state index contributed by atoms with van der Waals surface area (Å²) in [6.45, 7) is 9.42. The Morgan fingerprint density at radius 1 is 1.38 bits per heavy atom. The van der Waals surface area contributed by atoms with Crippen molar-refractivity contribution in [2.45, 2.75) is 19.4 Å². The van der Waals surface area contributed by atoms with E-state index in [1.54, 1.807) is 6.08 Å². The molecule has 0 saturated carbocycles. The van der Waals surface area contributed by atoms with Crippen molar-refractivity contribution in [2.24, 2.45) is 5.73 Å². The summed E-state index contributed by atoms with van der Waals surface area (Å²) in [5.74, 6) is 0. The third kappa shape index (κ3) is 4.81. The normalized spacial score (nSPS) is 17.4. The average Bonchev–Trinajstić information content (AvgIpc) is 2.49. The molecule has 5 nitrogen and oxygen atoms in total. The lowest BCUT2D eigenvalue weighted by atomic mass is 10.00. The van der Waals surface area contributed by atoms with E-state index < -0.39 is 0 Å². The molecule has 1 aromatic rings. The van der Waals surface area contributed by atoms with Crippen LogP contribution in [0.5, 0.6) is 0 Å². The van der Waals surface area contributed by atoms with Crippen molar-refractivity contribution < 1.29 is 9.47 Å². The number of hydrogen-bond acceptors (Lipinski definition) is 5. The van der Waals surface area contributed by atoms with E-state index in [2.05, 4.69) is 23.7 Å². The van der Waals surface area contributed by atoms with Gasteiger partial charge in [-0.2, -0.15) is 0 Å². The predicted octanol–water partition coefficient (Wildman–Crippen LogP) is 1.59. The summed E-state index contributed by atoms with van der Waals surface area (Å²) in [5, 5.41) is 0. The number of aromatic nitrogens is 1. The first-order valence-electron chi connectivity index (χ1n) is 7.41. The zero-order chi connectivity index (χ0) is 15.1. The second-order valence-electron chi connectivity index (χ2n) is 5.64. The van der Waals surface area contributed by atoms with Crippen LogP contribution in [0.2, 0.25) is 0 Å². The Labute approximate surface area is 126 Å². The molecule has 0 radical (unpaired) electrons. The van der Waals surface area contributed by atoms with Gasteiger partial charge in [0, 0.05) is 31.4 Å². The number of ether oxygens (including phenoxy) is 2. The van der Waals surface area contributed by atoms with Crippen molar-refractivity contribution in [3.8, 4) is 0 Å². The van der Waals surface area contributed by atoms with Gasteiger partial charge in [-0.05, 0) is 32.2 Å². The first-order chi connectivity index (χ1) is 10.1. The third-order valence-corrected chi connectivity index (χ3v) is 3.72. The van der Waals surface area contributed by atoms with Crippen molar-refractivity contribution in [1.29, 1.82) is 0 Å². The molecule has 2 heterocycles. The quantitative estimate of drug-likeness (QED) is 0.862. The molecule has 2 rings (SSSR count). The monoisotopic (exact) mass is 291 g/mol. The lowest BCUT2D eigenvalue weighted by Gasteiger charge is -2.30. The number of rotatable bonds is 6. The van der Waals surface area contributed by atoms with Gasteiger partial charge in [0.2, 0.25) is 0 Å². The zero-order valence-electron chi connectivity index (χ0n) is 12.9. The second-order valence-corrected chi connectivity index (χ2v) is 5.64. The molecule has 1 aliphatic heterocycles. The summed E-state index contributed by atoms with van der Waals surface area (Å²) in [6, 6.07) is 3.99. The fraction of sp³-hybridized carbons (Fsp3) is 0.562. The first kappa shape index (κ1) is 15.9. The van der Waals surface area contributed by atoms with Crippen LogP contribution in [0.4, 0.5) is 0 Å². The van der Waals surface area contributed by atoms with Gasteiger partial charge in [-0.25, -0.2) is 0 Å². The Kier molecular flexibility index (Phi) is 5.73. The van der Waals surface area contributed by atoms with E-state index in [1.165, 1.54) is 6.20 Å². The van der Waals surface area contributed by atoms with Crippen molar-refractivity contribution in [2.75, 3.05) is 39.5 Å². The van der Waals surface area contributed by atoms with Gasteiger partial charge in [-0.1, -0.05) is 6.07 Å². The summed E-state index contributed by atoms with van der Waals surface area (Å²) in [4.78, 5) is 6.73. The summed E-state index contributed by atoms with van der Waals surface area (Å²) >= 11 is 0. The van der Waals surface area contributed by atoms with E-state index in [4.69, 9.17) is 15.2 Å². The van der Waals surface area contributed by atoms with Crippen LogP contribution in [-0.4, -0.2) is 49.3 Å². The number of morpholine rings is 1. The molecule has 1 aliphatic rings. The maximum absolute atomic E-state index is 6.05. The summed E-state index contributed by atoms with van der Waals surface area (Å²) in [5.41, 5.74) is 6.94. The van der Waals surface area contributed by atoms with E-state index in [0.29, 0.717) is 6.61 Å². The van der Waals surface area contributed by atoms with E-state index >= 15 is 0 Å². The maximum atomic E-state index is 6.05. The largest absolute Gasteiger partial charge is 0.405 e. The van der Waals surface area contributed by atoms with Crippen LogP contribution >= 0.6 is 0 Å². The molecule has 21 heavy (non-hydrogen) atoms. The van der Waals surface area contributed by atoms with Crippen LogP contribution in [0.15, 0.2) is 24.5 Å². The SMILES string of the molecule is CC(C)(OCCN1CCOCC1)c1ccc(/C=C\N)nc1. The Morgan fingerprint density at radius 3 is 2.76 bits per heavy atom. The number of nitrogens with two attached hydrogens (primary N) is 1. The molecule has 0 aromatic carbocycles. The lowest BCUT2D eigenvalue weighted by Crippen LogP contribution is -2.39. The van der Waals surface area contributed by atoms with Gasteiger partial charge < -0.3 is 15.2 Å². The van der Waals surface area contributed by atoms with Crippen molar-refractivity contribution >= 4 is 6.08 Å². The standard InChI is InChI=1S/C16H25N3O2/c1-16(2,14-3-4-15(5-6-17)18-13-14)21-12-9-19-7-10-20-11-8-19/h3-6,13H,7-12,17H2,1-2H3/b6-5-. The molecular weight excluding hydrogens is 266 g/mol. The fourth-order valence-corrected chi connectivity index (χ4v) is 2.30. The zero-order valence-corrected chi connectivity index (χ0v) is 12.9. The van der Waals surface area contributed by atoms with Crippen molar-refractivity contribution in [3.63, 3.8) is 0 Å². The van der Waals surface area contributed by atoms with E-state index in [0.717, 1.165) is 44.1 Å². The molecule has 116 valence electrons. The van der Waals surface area contributed by atoms with Crippen LogP contribution in [0.3, 0.4) is 0 Å². The highest BCUT2D eigenvalue weighted by molar-refractivity contribution is 5.44. The van der Waals surface area contributed by atoms with Gasteiger partial charge in [0.1, 0.15) is 0 Å². The lowest BCUT2D eigenvalue weighted by molar-refractivity contribution is -0.0421. The Bertz CT molecular complexity index is 451. The van der Waals surface area contributed by atoms with Gasteiger partial charge >= 0.3 is 0 Å². The van der Waals surface area contributed by atoms with Crippen LogP contribution in [0.1, 0.15) is 25.1 Å². The number of hydrogen-bond donors (Lipinski definition) is 1. The van der Waals surface area contributed by atoms with Crippen LogP contribution in [0, 0.1) is 0 Å². The van der Waals surface area contributed by atoms with Crippen molar-refractivity contribution in [3.05, 3.63) is 35.8 Å². The van der Waals surface area contributed by atoms with Gasteiger partial charge in [0.05, 0.1) is 31.1 Å². The minimum absolute atomic E-state index is 0.343. The van der Waals surface area contributed by atoms with Crippen LogP contribution < -0.4 is 5.73 Å². The number of nitrogens with zero attached hydrogens (tertiary/aromatic N) is 2. The maximum Gasteiger partial charge on any atom is 0.0890 e. The Balaban J connectivity index is 1.85. The molecule has 1 fully saturated rings. The molecule has 5 heteroatoms. The van der Waals surface area contributed by atoms with E-state index in [9.17, 15) is 0 Å². The molecular formula is C16H25N3O2. The smallest absolute Gasteiger partial charge is 0.0890 e. The topological polar surface area (TPSA) is 60.6 Å². The molecule has 0 aliphatic carbocycles. The molecule has 1 aromatic heterocycles. The van der Waals surface area contributed by atoms with Gasteiger partial charge in [0.25, 0.3) is 0 Å². The fourth-order valence-electron chi connectivity index (χ4n) is 2.30. The molecule has 1 saturated heterocycles. The predicted molar refractivity (Wildman–Crippen MR) is 83.7 cm³/mol. The molecule has 0 bridgehead atoms. The third-order valence-electron chi connectivity index (χ3n) is 3.72. The van der Waals surface area contributed by atoms with E-state index in [-0.39, 0.29) is 5.60 Å². The van der Waals surface area contributed by atoms with E-state index in [1.807, 2.05) is 18.3 Å². The Morgan fingerprint density at radius 2 is 2.14 bits per heavy atom. The highest BCUT2D eigenvalue weighted by Gasteiger charge is 2.22. The van der Waals surface area contributed by atoms with Gasteiger partial charge in [-0.3, -0.25) is 9.88 Å².